The van der Waals surface area contributed by atoms with Crippen LogP contribution in [0.3, 0.4) is 0 Å². The molecule has 0 aliphatic rings. The molecule has 2 aromatic rings. The summed E-state index contributed by atoms with van der Waals surface area (Å²) < 4.78 is 14.6. The third kappa shape index (κ3) is 7.94. The molecule has 0 radical (unpaired) electrons. The average molecular weight is 370 g/mol. The molecular formula is C24H32FNO. The summed E-state index contributed by atoms with van der Waals surface area (Å²) in [6.45, 7) is 2.78. The van der Waals surface area contributed by atoms with Crippen molar-refractivity contribution in [3.05, 3.63) is 71.8 Å². The van der Waals surface area contributed by atoms with Gasteiger partial charge in [0.05, 0.1) is 6.54 Å². The summed E-state index contributed by atoms with van der Waals surface area (Å²) in [7, 11) is 0. The molecule has 0 aromatic heterocycles. The topological polar surface area (TPSA) is 20.3 Å². The lowest BCUT2D eigenvalue weighted by Gasteiger charge is -2.25. The molecule has 0 fully saturated rings. The molecule has 0 saturated heterocycles. The summed E-state index contributed by atoms with van der Waals surface area (Å²) in [6, 6.07) is 19.0. The zero-order chi connectivity index (χ0) is 19.3. The zero-order valence-electron chi connectivity index (χ0n) is 16.4. The highest BCUT2D eigenvalue weighted by Crippen LogP contribution is 2.15. The molecule has 1 unspecified atom stereocenters. The predicted molar refractivity (Wildman–Crippen MR) is 111 cm³/mol. The van der Waals surface area contributed by atoms with Crippen molar-refractivity contribution in [1.82, 2.24) is 4.90 Å². The molecule has 0 bridgehead atoms. The van der Waals surface area contributed by atoms with Crippen LogP contribution in [0.25, 0.3) is 0 Å². The highest BCUT2D eigenvalue weighted by molar-refractivity contribution is 5.94. The molecule has 0 heterocycles. The van der Waals surface area contributed by atoms with Crippen molar-refractivity contribution in [3.63, 3.8) is 0 Å². The third-order valence-electron chi connectivity index (χ3n) is 4.81. The molecule has 2 aromatic carbocycles. The van der Waals surface area contributed by atoms with E-state index in [2.05, 4.69) is 6.92 Å². The van der Waals surface area contributed by atoms with Gasteiger partial charge in [-0.05, 0) is 24.1 Å². The van der Waals surface area contributed by atoms with E-state index < -0.39 is 6.17 Å². The molecule has 0 aliphatic carbocycles. The molecule has 2 nitrogen and oxygen atoms in total. The minimum absolute atomic E-state index is 0.106. The first kappa shape index (κ1) is 21.1. The van der Waals surface area contributed by atoms with E-state index >= 15 is 0 Å². The van der Waals surface area contributed by atoms with Gasteiger partial charge in [0.25, 0.3) is 5.91 Å². The van der Waals surface area contributed by atoms with Crippen molar-refractivity contribution in [3.8, 4) is 0 Å². The first-order valence-electron chi connectivity index (χ1n) is 10.2. The minimum Gasteiger partial charge on any atom is -0.331 e. The summed E-state index contributed by atoms with van der Waals surface area (Å²) >= 11 is 0. The second-order valence-corrected chi connectivity index (χ2v) is 7.19. The Morgan fingerprint density at radius 3 is 2.15 bits per heavy atom. The number of halogens is 1. The maximum Gasteiger partial charge on any atom is 0.254 e. The summed E-state index contributed by atoms with van der Waals surface area (Å²) in [5.74, 6) is -0.106. The van der Waals surface area contributed by atoms with Gasteiger partial charge in [-0.15, -0.1) is 0 Å². The number of unbranched alkanes of at least 4 members (excludes halogenated alkanes) is 5. The van der Waals surface area contributed by atoms with Crippen molar-refractivity contribution in [2.75, 3.05) is 6.54 Å². The van der Waals surface area contributed by atoms with E-state index in [0.29, 0.717) is 18.5 Å². The van der Waals surface area contributed by atoms with Crippen LogP contribution in [0.4, 0.5) is 4.39 Å². The van der Waals surface area contributed by atoms with Gasteiger partial charge in [-0.1, -0.05) is 94.0 Å². The van der Waals surface area contributed by atoms with Crippen LogP contribution in [-0.4, -0.2) is 23.5 Å². The van der Waals surface area contributed by atoms with E-state index in [9.17, 15) is 9.18 Å². The molecule has 0 spiro atoms. The van der Waals surface area contributed by atoms with Crippen LogP contribution in [0.2, 0.25) is 0 Å². The molecule has 1 amide bonds. The Morgan fingerprint density at radius 1 is 0.889 bits per heavy atom. The monoisotopic (exact) mass is 369 g/mol. The Labute approximate surface area is 163 Å². The van der Waals surface area contributed by atoms with Crippen LogP contribution in [-0.2, 0) is 6.54 Å². The van der Waals surface area contributed by atoms with Gasteiger partial charge in [0.1, 0.15) is 6.17 Å². The third-order valence-corrected chi connectivity index (χ3v) is 4.81. The van der Waals surface area contributed by atoms with Crippen LogP contribution in [0, 0.1) is 0 Å². The van der Waals surface area contributed by atoms with Crippen molar-refractivity contribution < 1.29 is 9.18 Å². The van der Waals surface area contributed by atoms with Crippen LogP contribution in [0.1, 0.15) is 67.8 Å². The lowest BCUT2D eigenvalue weighted by molar-refractivity contribution is 0.0687. The first-order valence-corrected chi connectivity index (χ1v) is 10.2. The van der Waals surface area contributed by atoms with Gasteiger partial charge in [0.2, 0.25) is 0 Å². The van der Waals surface area contributed by atoms with E-state index in [-0.39, 0.29) is 12.5 Å². The number of hydrogen-bond donors (Lipinski definition) is 0. The number of amides is 1. The van der Waals surface area contributed by atoms with Gasteiger partial charge in [-0.2, -0.15) is 0 Å². The molecule has 146 valence electrons. The Hall–Kier alpha value is -2.16. The predicted octanol–water partition coefficient (Wildman–Crippen LogP) is 6.42. The number of rotatable bonds is 12. The summed E-state index contributed by atoms with van der Waals surface area (Å²) in [5, 5.41) is 0. The molecular weight excluding hydrogens is 337 g/mol. The lowest BCUT2D eigenvalue weighted by atomic mass is 10.1. The maximum atomic E-state index is 14.6. The van der Waals surface area contributed by atoms with Crippen LogP contribution in [0.15, 0.2) is 60.7 Å². The highest BCUT2D eigenvalue weighted by atomic mass is 19.1. The fourth-order valence-corrected chi connectivity index (χ4v) is 3.26. The lowest BCUT2D eigenvalue weighted by Crippen LogP contribution is -2.35. The molecule has 0 aliphatic heterocycles. The first-order chi connectivity index (χ1) is 13.2. The second-order valence-electron chi connectivity index (χ2n) is 7.19. The number of hydrogen-bond acceptors (Lipinski definition) is 1. The van der Waals surface area contributed by atoms with Gasteiger partial charge in [-0.3, -0.25) is 4.79 Å². The van der Waals surface area contributed by atoms with Crippen molar-refractivity contribution in [2.24, 2.45) is 0 Å². The molecule has 1 atom stereocenters. The number of carbonyl (C=O) groups excluding carboxylic acids is 1. The summed E-state index contributed by atoms with van der Waals surface area (Å²) in [5.41, 5.74) is 1.63. The smallest absolute Gasteiger partial charge is 0.254 e. The molecule has 0 N–H and O–H groups in total. The number of benzene rings is 2. The van der Waals surface area contributed by atoms with Crippen molar-refractivity contribution in [2.45, 2.75) is 64.6 Å². The van der Waals surface area contributed by atoms with Gasteiger partial charge in [0.15, 0.2) is 0 Å². The van der Waals surface area contributed by atoms with Crippen LogP contribution < -0.4 is 0 Å². The highest BCUT2D eigenvalue weighted by Gasteiger charge is 2.20. The fourth-order valence-electron chi connectivity index (χ4n) is 3.26. The molecule has 2 rings (SSSR count). The molecule has 0 saturated carbocycles. The molecule has 27 heavy (non-hydrogen) atoms. The van der Waals surface area contributed by atoms with Crippen LogP contribution >= 0.6 is 0 Å². The van der Waals surface area contributed by atoms with E-state index in [1.54, 1.807) is 17.0 Å². The van der Waals surface area contributed by atoms with Crippen molar-refractivity contribution >= 4 is 5.91 Å². The van der Waals surface area contributed by atoms with E-state index in [1.807, 2.05) is 48.5 Å². The van der Waals surface area contributed by atoms with Crippen molar-refractivity contribution in [1.29, 1.82) is 0 Å². The number of carbonyl (C=O) groups is 1. The maximum absolute atomic E-state index is 14.6. The Bertz CT molecular complexity index is 644. The second kappa shape index (κ2) is 12.3. The Kier molecular flexibility index (Phi) is 9.61. The standard InChI is InChI=1S/C24H32FNO/c1-2-3-4-5-6-13-18-23(25)20-26(19-21-14-9-7-10-15-21)24(27)22-16-11-8-12-17-22/h7-12,14-17,23H,2-6,13,18-20H2,1H3. The zero-order valence-corrected chi connectivity index (χ0v) is 16.4. The largest absolute Gasteiger partial charge is 0.331 e. The summed E-state index contributed by atoms with van der Waals surface area (Å²) in [4.78, 5) is 14.5. The normalized spacial score (nSPS) is 11.9. The number of alkyl halides is 1. The van der Waals surface area contributed by atoms with E-state index in [4.69, 9.17) is 0 Å². The Balaban J connectivity index is 1.92. The summed E-state index contributed by atoms with van der Waals surface area (Å²) in [6.07, 6.45) is 6.41. The number of nitrogens with zero attached hydrogens (tertiary/aromatic N) is 1. The molecule has 3 heteroatoms. The van der Waals surface area contributed by atoms with E-state index in [0.717, 1.165) is 18.4 Å². The van der Waals surface area contributed by atoms with Crippen LogP contribution in [0.5, 0.6) is 0 Å². The van der Waals surface area contributed by atoms with Gasteiger partial charge in [-0.25, -0.2) is 4.39 Å². The fraction of sp³-hybridized carbons (Fsp3) is 0.458. The van der Waals surface area contributed by atoms with Gasteiger partial charge >= 0.3 is 0 Å². The minimum atomic E-state index is -0.979. The SMILES string of the molecule is CCCCCCCCC(F)CN(Cc1ccccc1)C(=O)c1ccccc1. The Morgan fingerprint density at radius 2 is 1.48 bits per heavy atom. The van der Waals surface area contributed by atoms with Gasteiger partial charge < -0.3 is 4.90 Å². The van der Waals surface area contributed by atoms with Gasteiger partial charge in [0, 0.05) is 12.1 Å². The quantitative estimate of drug-likeness (QED) is 0.395. The average Bonchev–Trinajstić information content (AvgIpc) is 2.71. The van der Waals surface area contributed by atoms with E-state index in [1.165, 1.54) is 25.7 Å².